The second-order valence-electron chi connectivity index (χ2n) is 6.14. The lowest BCUT2D eigenvalue weighted by Crippen LogP contribution is -2.46. The van der Waals surface area contributed by atoms with Gasteiger partial charge in [-0.2, -0.15) is 0 Å². The maximum atomic E-state index is 12.5. The number of rotatable bonds is 6. The highest BCUT2D eigenvalue weighted by Gasteiger charge is 2.18. The van der Waals surface area contributed by atoms with Crippen LogP contribution in [0.4, 0.5) is 5.69 Å². The Morgan fingerprint density at radius 3 is 2.67 bits per heavy atom. The third kappa shape index (κ3) is 4.80. The van der Waals surface area contributed by atoms with E-state index in [4.69, 9.17) is 0 Å². The highest BCUT2D eigenvalue weighted by molar-refractivity contribution is 5.81. The molecule has 1 aliphatic rings. The van der Waals surface area contributed by atoms with Crippen molar-refractivity contribution in [3.05, 3.63) is 60.4 Å². The van der Waals surface area contributed by atoms with E-state index in [9.17, 15) is 4.79 Å². The van der Waals surface area contributed by atoms with Gasteiger partial charge in [-0.1, -0.05) is 24.3 Å². The van der Waals surface area contributed by atoms with Gasteiger partial charge < -0.3 is 15.5 Å². The second kappa shape index (κ2) is 8.45. The fraction of sp³-hybridized carbons (Fsp3) is 0.368. The second-order valence-corrected chi connectivity index (χ2v) is 6.14. The van der Waals surface area contributed by atoms with Crippen LogP contribution in [0.5, 0.6) is 0 Å². The first-order chi connectivity index (χ1) is 11.8. The molecule has 1 aromatic carbocycles. The summed E-state index contributed by atoms with van der Waals surface area (Å²) in [6, 6.07) is 14.3. The molecular weight excluding hydrogens is 300 g/mol. The van der Waals surface area contributed by atoms with Gasteiger partial charge in [-0.3, -0.25) is 9.78 Å². The molecule has 5 nitrogen and oxygen atoms in total. The van der Waals surface area contributed by atoms with Crippen LogP contribution in [0.25, 0.3) is 0 Å². The highest BCUT2D eigenvalue weighted by Crippen LogP contribution is 2.16. The van der Waals surface area contributed by atoms with Crippen LogP contribution >= 0.6 is 0 Å². The summed E-state index contributed by atoms with van der Waals surface area (Å²) in [6.07, 6.45) is 5.61. The Hall–Kier alpha value is -2.40. The normalized spacial score (nSPS) is 15.0. The van der Waals surface area contributed by atoms with E-state index in [1.54, 1.807) is 6.20 Å². The van der Waals surface area contributed by atoms with E-state index in [1.165, 1.54) is 0 Å². The van der Waals surface area contributed by atoms with Crippen LogP contribution in [0.1, 0.15) is 18.4 Å². The zero-order valence-corrected chi connectivity index (χ0v) is 13.8. The monoisotopic (exact) mass is 324 g/mol. The number of nitrogens with one attached hydrogen (secondary N) is 2. The molecule has 0 bridgehead atoms. The number of piperidine rings is 1. The van der Waals surface area contributed by atoms with Crippen molar-refractivity contribution in [3.8, 4) is 0 Å². The number of hydrogen-bond acceptors (Lipinski definition) is 4. The molecule has 1 fully saturated rings. The lowest BCUT2D eigenvalue weighted by Gasteiger charge is -2.27. The fourth-order valence-corrected chi connectivity index (χ4v) is 3.00. The molecule has 0 atom stereocenters. The van der Waals surface area contributed by atoms with Crippen molar-refractivity contribution >= 4 is 11.6 Å². The van der Waals surface area contributed by atoms with E-state index >= 15 is 0 Å². The number of carbonyl (C=O) groups is 1. The number of aromatic nitrogens is 1. The molecule has 3 rings (SSSR count). The number of hydrogen-bond donors (Lipinski definition) is 2. The van der Waals surface area contributed by atoms with Crippen LogP contribution in [-0.4, -0.2) is 36.6 Å². The molecule has 2 aromatic rings. The summed E-state index contributed by atoms with van der Waals surface area (Å²) in [5, 5.41) is 6.49. The number of benzene rings is 1. The van der Waals surface area contributed by atoms with Crippen molar-refractivity contribution in [2.75, 3.05) is 24.5 Å². The van der Waals surface area contributed by atoms with Gasteiger partial charge in [0, 0.05) is 30.7 Å². The molecule has 0 spiro atoms. The molecule has 24 heavy (non-hydrogen) atoms. The SMILES string of the molecule is O=C(CN(Cc1cccnc1)c1ccccc1)NC1CCNCC1. The maximum Gasteiger partial charge on any atom is 0.239 e. The third-order valence-electron chi connectivity index (χ3n) is 4.26. The average Bonchev–Trinajstić information content (AvgIpc) is 2.63. The number of amides is 1. The first kappa shape index (κ1) is 16.5. The Balaban J connectivity index is 1.66. The first-order valence-corrected chi connectivity index (χ1v) is 8.50. The number of pyridine rings is 1. The minimum Gasteiger partial charge on any atom is -0.358 e. The molecule has 0 unspecified atom stereocenters. The summed E-state index contributed by atoms with van der Waals surface area (Å²) in [4.78, 5) is 18.8. The van der Waals surface area contributed by atoms with E-state index in [0.717, 1.165) is 37.2 Å². The number of para-hydroxylation sites is 1. The summed E-state index contributed by atoms with van der Waals surface area (Å²) >= 11 is 0. The van der Waals surface area contributed by atoms with Crippen LogP contribution in [-0.2, 0) is 11.3 Å². The molecule has 2 N–H and O–H groups in total. The molecule has 126 valence electrons. The van der Waals surface area contributed by atoms with Gasteiger partial charge >= 0.3 is 0 Å². The predicted octanol–water partition coefficient (Wildman–Crippen LogP) is 1.96. The van der Waals surface area contributed by atoms with Crippen molar-refractivity contribution in [1.82, 2.24) is 15.6 Å². The first-order valence-electron chi connectivity index (χ1n) is 8.50. The highest BCUT2D eigenvalue weighted by atomic mass is 16.2. The van der Waals surface area contributed by atoms with Gasteiger partial charge in [0.05, 0.1) is 6.54 Å². The van der Waals surface area contributed by atoms with Crippen LogP contribution < -0.4 is 15.5 Å². The van der Waals surface area contributed by atoms with Gasteiger partial charge in [0.1, 0.15) is 0 Å². The number of carbonyl (C=O) groups excluding carboxylic acids is 1. The van der Waals surface area contributed by atoms with Gasteiger partial charge in [-0.15, -0.1) is 0 Å². The zero-order chi connectivity index (χ0) is 16.6. The summed E-state index contributed by atoms with van der Waals surface area (Å²) in [5.74, 6) is 0.0784. The van der Waals surface area contributed by atoms with E-state index < -0.39 is 0 Å². The molecule has 1 saturated heterocycles. The fourth-order valence-electron chi connectivity index (χ4n) is 3.00. The average molecular weight is 324 g/mol. The van der Waals surface area contributed by atoms with E-state index in [2.05, 4.69) is 20.5 Å². The maximum absolute atomic E-state index is 12.5. The van der Waals surface area contributed by atoms with Gasteiger partial charge in [0.2, 0.25) is 5.91 Å². The number of nitrogens with zero attached hydrogens (tertiary/aromatic N) is 2. The topological polar surface area (TPSA) is 57.3 Å². The van der Waals surface area contributed by atoms with Crippen LogP contribution in [0.2, 0.25) is 0 Å². The molecule has 1 aliphatic heterocycles. The molecule has 0 saturated carbocycles. The van der Waals surface area contributed by atoms with Crippen LogP contribution in [0.3, 0.4) is 0 Å². The minimum atomic E-state index is 0.0784. The molecular formula is C19H24N4O. The molecule has 2 heterocycles. The van der Waals surface area contributed by atoms with Gasteiger partial charge in [0.15, 0.2) is 0 Å². The van der Waals surface area contributed by atoms with Crippen molar-refractivity contribution in [1.29, 1.82) is 0 Å². The summed E-state index contributed by atoms with van der Waals surface area (Å²) in [5.41, 5.74) is 2.14. The van der Waals surface area contributed by atoms with Crippen LogP contribution in [0.15, 0.2) is 54.9 Å². The molecule has 0 radical (unpaired) electrons. The van der Waals surface area contributed by atoms with Crippen molar-refractivity contribution in [3.63, 3.8) is 0 Å². The Bertz CT molecular complexity index is 626. The van der Waals surface area contributed by atoms with E-state index in [0.29, 0.717) is 13.1 Å². The summed E-state index contributed by atoms with van der Waals surface area (Å²) in [7, 11) is 0. The van der Waals surface area contributed by atoms with Crippen molar-refractivity contribution in [2.24, 2.45) is 0 Å². The van der Waals surface area contributed by atoms with E-state index in [1.807, 2.05) is 48.7 Å². The standard InChI is InChI=1S/C19H24N4O/c24-19(22-17-8-11-20-12-9-17)15-23(18-6-2-1-3-7-18)14-16-5-4-10-21-13-16/h1-7,10,13,17,20H,8-9,11-12,14-15H2,(H,22,24). The molecule has 1 amide bonds. The Morgan fingerprint density at radius 2 is 1.96 bits per heavy atom. The lowest BCUT2D eigenvalue weighted by molar-refractivity contribution is -0.120. The van der Waals surface area contributed by atoms with Gasteiger partial charge in [0.25, 0.3) is 0 Å². The van der Waals surface area contributed by atoms with E-state index in [-0.39, 0.29) is 11.9 Å². The quantitative estimate of drug-likeness (QED) is 0.853. The van der Waals surface area contributed by atoms with Crippen molar-refractivity contribution in [2.45, 2.75) is 25.4 Å². The van der Waals surface area contributed by atoms with Crippen LogP contribution in [0, 0.1) is 0 Å². The van der Waals surface area contributed by atoms with Gasteiger partial charge in [-0.05, 0) is 49.7 Å². The van der Waals surface area contributed by atoms with Crippen molar-refractivity contribution < 1.29 is 4.79 Å². The largest absolute Gasteiger partial charge is 0.358 e. The Labute approximate surface area is 143 Å². The summed E-state index contributed by atoms with van der Waals surface area (Å²) in [6.45, 7) is 2.96. The number of anilines is 1. The Morgan fingerprint density at radius 1 is 1.17 bits per heavy atom. The lowest BCUT2D eigenvalue weighted by atomic mass is 10.1. The molecule has 0 aliphatic carbocycles. The molecule has 5 heteroatoms. The van der Waals surface area contributed by atoms with Gasteiger partial charge in [-0.25, -0.2) is 0 Å². The molecule has 1 aromatic heterocycles. The third-order valence-corrected chi connectivity index (χ3v) is 4.26. The smallest absolute Gasteiger partial charge is 0.239 e. The Kier molecular flexibility index (Phi) is 5.80. The zero-order valence-electron chi connectivity index (χ0n) is 13.8. The minimum absolute atomic E-state index is 0.0784. The predicted molar refractivity (Wildman–Crippen MR) is 95.8 cm³/mol. The summed E-state index contributed by atoms with van der Waals surface area (Å²) < 4.78 is 0.